The lowest BCUT2D eigenvalue weighted by Gasteiger charge is -2.43. The summed E-state index contributed by atoms with van der Waals surface area (Å²) in [5.41, 5.74) is 17.0. The van der Waals surface area contributed by atoms with Gasteiger partial charge in [-0.2, -0.15) is 9.18 Å². The largest absolute Gasteiger partial charge is 0.457 e. The molecule has 0 aliphatic carbocycles. The van der Waals surface area contributed by atoms with Gasteiger partial charge in [-0.1, -0.05) is 175 Å². The van der Waals surface area contributed by atoms with Crippen LogP contribution < -0.4 is 13.9 Å². The lowest BCUT2D eigenvalue weighted by molar-refractivity contribution is 0.225. The minimum Gasteiger partial charge on any atom is -0.457 e. The highest BCUT2D eigenvalue weighted by molar-refractivity contribution is 6.09. The minimum atomic E-state index is -0.125. The molecule has 2 aliphatic rings. The number of quaternary nitrogens is 2. The second-order valence-corrected chi connectivity index (χ2v) is 24.2. The Morgan fingerprint density at radius 2 is 1.14 bits per heavy atom. The quantitative estimate of drug-likeness (QED) is 0.0819. The molecule has 0 amide bonds. The van der Waals surface area contributed by atoms with E-state index in [4.69, 9.17) is 9.72 Å². The van der Waals surface area contributed by atoms with Crippen LogP contribution in [0.3, 0.4) is 0 Å². The Kier molecular flexibility index (Phi) is 10.6. The van der Waals surface area contributed by atoms with Crippen LogP contribution in [-0.4, -0.2) is 9.55 Å². The van der Waals surface area contributed by atoms with Crippen molar-refractivity contribution in [2.45, 2.75) is 112 Å². The SMILES string of the molecule is CC(C)c1ccccc1-c1cc(Oc2ccc3c4ccccc4n(-c4cc(C(C)(C)C)ccn4)c3c2)cc([N+]23[CH-][N@+]2(c2cc(-c4ccccc4)cc(C(C)(C)C(C)(C)C)c2)c2ccc(C(C)(C)C)cc23)c1. The van der Waals surface area contributed by atoms with Crippen LogP contribution in [0.2, 0.25) is 0 Å². The summed E-state index contributed by atoms with van der Waals surface area (Å²) in [6, 6.07) is 61.0. The molecule has 4 heterocycles. The molecular weight excluding hydrogens is 865 g/mol. The first kappa shape index (κ1) is 46.6. The average molecular weight is 934 g/mol. The molecule has 5 nitrogen and oxygen atoms in total. The van der Waals surface area contributed by atoms with E-state index < -0.39 is 0 Å². The van der Waals surface area contributed by atoms with E-state index >= 15 is 0 Å². The van der Waals surface area contributed by atoms with Gasteiger partial charge in [-0.05, 0) is 108 Å². The maximum atomic E-state index is 7.26. The van der Waals surface area contributed by atoms with Crippen molar-refractivity contribution in [1.29, 1.82) is 0 Å². The number of nitrogens with zero attached hydrogens (tertiary/aromatic N) is 4. The molecule has 2 aliphatic heterocycles. The Labute approximate surface area is 422 Å². The van der Waals surface area contributed by atoms with Crippen LogP contribution in [-0.2, 0) is 16.2 Å². The molecule has 0 bridgehead atoms. The summed E-state index contributed by atoms with van der Waals surface area (Å²) < 4.78 is 10.7. The number of ether oxygens (including phenoxy) is 1. The number of benzene rings is 7. The highest BCUT2D eigenvalue weighted by Crippen LogP contribution is 2.76. The number of rotatable bonds is 9. The van der Waals surface area contributed by atoms with E-state index in [9.17, 15) is 0 Å². The zero-order valence-electron chi connectivity index (χ0n) is 44.0. The molecule has 1 fully saturated rings. The Bertz CT molecular complexity index is 3560. The molecule has 2 atom stereocenters. The van der Waals surface area contributed by atoms with Crippen LogP contribution in [0.1, 0.15) is 118 Å². The zero-order chi connectivity index (χ0) is 50.0. The topological polar surface area (TPSA) is 27.1 Å². The highest BCUT2D eigenvalue weighted by Gasteiger charge is 2.78. The first-order chi connectivity index (χ1) is 33.6. The Morgan fingerprint density at radius 1 is 0.493 bits per heavy atom. The Balaban J connectivity index is 1.13. The second kappa shape index (κ2) is 16.1. The van der Waals surface area contributed by atoms with Crippen molar-refractivity contribution >= 4 is 44.6 Å². The molecule has 0 spiro atoms. The van der Waals surface area contributed by atoms with E-state index in [1.807, 2.05) is 6.20 Å². The minimum absolute atomic E-state index is 0.0112. The molecule has 1 unspecified atom stereocenters. The standard InChI is InChI=1S/C66H69N4O/c1-43(2)54-23-17-18-24-55(54)46-35-51(40-53(36-46)71-52-28-29-57-56-25-19-20-26-58(56)68(59(57)41-52)62-39-48(31-32-67-62)64(6,7)8)70-42-69(70,60-30-27-47(38-61(60)70)63(3,4)5)50-34-45(44-21-15-14-16-22-44)33-49(37-50)66(12,13)65(9,10)11/h14-43H,1-13H3/q+1/t69-,70?/m0/s1. The zero-order valence-corrected chi connectivity index (χ0v) is 44.0. The molecule has 7 aromatic carbocycles. The van der Waals surface area contributed by atoms with Gasteiger partial charge in [0.05, 0.1) is 11.0 Å². The normalized spacial score (nSPS) is 17.8. The van der Waals surface area contributed by atoms with Gasteiger partial charge in [-0.25, -0.2) is 4.98 Å². The predicted octanol–water partition coefficient (Wildman–Crippen LogP) is 18.7. The van der Waals surface area contributed by atoms with E-state index in [2.05, 4.69) is 265 Å². The molecule has 71 heavy (non-hydrogen) atoms. The van der Waals surface area contributed by atoms with Crippen molar-refractivity contribution in [3.63, 3.8) is 0 Å². The van der Waals surface area contributed by atoms with Crippen LogP contribution in [0.5, 0.6) is 11.5 Å². The van der Waals surface area contributed by atoms with Gasteiger partial charge in [0.2, 0.25) is 11.4 Å². The van der Waals surface area contributed by atoms with Gasteiger partial charge in [0.1, 0.15) is 17.3 Å². The van der Waals surface area contributed by atoms with Gasteiger partial charge in [-0.15, -0.1) is 0 Å². The van der Waals surface area contributed by atoms with Gasteiger partial charge in [0, 0.05) is 59.4 Å². The maximum absolute atomic E-state index is 7.26. The van der Waals surface area contributed by atoms with Crippen molar-refractivity contribution < 1.29 is 4.74 Å². The van der Waals surface area contributed by atoms with Crippen LogP contribution in [0, 0.1) is 12.1 Å². The number of hydrogen-bond donors (Lipinski definition) is 0. The van der Waals surface area contributed by atoms with E-state index in [1.54, 1.807) is 0 Å². The fourth-order valence-electron chi connectivity index (χ4n) is 11.0. The van der Waals surface area contributed by atoms with E-state index in [-0.39, 0.29) is 21.7 Å². The molecule has 0 N–H and O–H groups in total. The van der Waals surface area contributed by atoms with Crippen LogP contribution in [0.15, 0.2) is 170 Å². The third-order valence-corrected chi connectivity index (χ3v) is 16.3. The molecule has 9 aromatic rings. The smallest absolute Gasteiger partial charge is 0.225 e. The Hall–Kier alpha value is -6.79. The fourth-order valence-corrected chi connectivity index (χ4v) is 11.0. The maximum Gasteiger partial charge on any atom is 0.225 e. The van der Waals surface area contributed by atoms with Gasteiger partial charge in [0.15, 0.2) is 18.0 Å². The molecular formula is C66H69N4O+. The van der Waals surface area contributed by atoms with Crippen LogP contribution in [0.4, 0.5) is 22.7 Å². The fraction of sp³-hybridized carbons (Fsp3) is 0.273. The first-order valence-corrected chi connectivity index (χ1v) is 25.6. The third-order valence-electron chi connectivity index (χ3n) is 16.3. The number of fused-ring (bicyclic) bond motifs is 7. The van der Waals surface area contributed by atoms with Crippen molar-refractivity contribution in [3.05, 3.63) is 199 Å². The van der Waals surface area contributed by atoms with Gasteiger partial charge >= 0.3 is 0 Å². The molecule has 358 valence electrons. The van der Waals surface area contributed by atoms with Crippen LogP contribution >= 0.6 is 0 Å². The highest BCUT2D eigenvalue weighted by atomic mass is 16.5. The molecule has 2 aromatic heterocycles. The summed E-state index contributed by atoms with van der Waals surface area (Å²) in [5, 5.41) is 2.35. The van der Waals surface area contributed by atoms with Crippen molar-refractivity contribution in [1.82, 2.24) is 18.7 Å². The number of pyridine rings is 1. The van der Waals surface area contributed by atoms with Gasteiger partial charge in [-0.3, -0.25) is 4.57 Å². The van der Waals surface area contributed by atoms with Gasteiger partial charge < -0.3 is 4.74 Å². The number of hydrogen-bond acceptors (Lipinski definition) is 2. The summed E-state index contributed by atoms with van der Waals surface area (Å²) in [6.45, 7) is 32.8. The van der Waals surface area contributed by atoms with E-state index in [1.165, 1.54) is 61.4 Å². The lowest BCUT2D eigenvalue weighted by atomic mass is 9.65. The van der Waals surface area contributed by atoms with Crippen LogP contribution in [0.25, 0.3) is 49.9 Å². The monoisotopic (exact) mass is 934 g/mol. The summed E-state index contributed by atoms with van der Waals surface area (Å²) >= 11 is 0. The summed E-state index contributed by atoms with van der Waals surface area (Å²) in [6.07, 6.45) is 1.94. The second-order valence-electron chi connectivity index (χ2n) is 24.2. The van der Waals surface area contributed by atoms with E-state index in [0.29, 0.717) is 15.1 Å². The van der Waals surface area contributed by atoms with Crippen molar-refractivity contribution in [2.75, 3.05) is 0 Å². The number of para-hydroxylation sites is 1. The average Bonchev–Trinajstić information content (AvgIpc) is 3.84. The molecule has 5 heteroatoms. The number of aromatic nitrogens is 2. The lowest BCUT2D eigenvalue weighted by Crippen LogP contribution is -2.47. The predicted molar refractivity (Wildman–Crippen MR) is 300 cm³/mol. The molecule has 1 saturated heterocycles. The molecule has 11 rings (SSSR count). The molecule has 0 radical (unpaired) electrons. The third kappa shape index (κ3) is 7.37. The Morgan fingerprint density at radius 3 is 1.87 bits per heavy atom. The summed E-state index contributed by atoms with van der Waals surface area (Å²) in [4.78, 5) is 4.97. The van der Waals surface area contributed by atoms with Crippen molar-refractivity contribution in [3.8, 4) is 39.6 Å². The summed E-state index contributed by atoms with van der Waals surface area (Å²) in [7, 11) is 0. The van der Waals surface area contributed by atoms with Gasteiger partial charge in [0.25, 0.3) is 0 Å². The van der Waals surface area contributed by atoms with E-state index in [0.717, 1.165) is 45.0 Å². The molecule has 0 saturated carbocycles. The summed E-state index contributed by atoms with van der Waals surface area (Å²) in [5.74, 6) is 2.79. The first-order valence-electron chi connectivity index (χ1n) is 25.6. The van der Waals surface area contributed by atoms with Crippen molar-refractivity contribution in [2.24, 2.45) is 5.41 Å².